The molecule has 0 bridgehead atoms. The van der Waals surface area contributed by atoms with E-state index in [1.54, 1.807) is 0 Å². The summed E-state index contributed by atoms with van der Waals surface area (Å²) < 4.78 is 26.4. The van der Waals surface area contributed by atoms with Gasteiger partial charge in [0.1, 0.15) is 17.2 Å². The molecule has 0 aliphatic carbocycles. The molecule has 0 unspecified atom stereocenters. The molecule has 0 spiro atoms. The van der Waals surface area contributed by atoms with Crippen LogP contribution >= 0.6 is 0 Å². The fraction of sp³-hybridized carbons (Fsp3) is 0.429. The standard InChI is InChI=1S/C14H18F2N2O3/c1-14(2,13(20)21)18(12(19)8-17)6-5-9-3-4-10(15)7-11(9)16/h3-4,7H,5-6,8,17H2,1-2H3,(H,20,21). The highest BCUT2D eigenvalue weighted by Crippen LogP contribution is 2.17. The van der Waals surface area contributed by atoms with Crippen LogP contribution in [0.15, 0.2) is 18.2 Å². The first-order valence-electron chi connectivity index (χ1n) is 6.38. The Morgan fingerprint density at radius 3 is 2.43 bits per heavy atom. The van der Waals surface area contributed by atoms with Gasteiger partial charge in [-0.3, -0.25) is 4.79 Å². The van der Waals surface area contributed by atoms with Crippen molar-refractivity contribution in [1.29, 1.82) is 0 Å². The van der Waals surface area contributed by atoms with Gasteiger partial charge in [0.25, 0.3) is 0 Å². The number of benzene rings is 1. The van der Waals surface area contributed by atoms with Crippen molar-refractivity contribution in [3.05, 3.63) is 35.4 Å². The van der Waals surface area contributed by atoms with Crippen molar-refractivity contribution < 1.29 is 23.5 Å². The summed E-state index contributed by atoms with van der Waals surface area (Å²) in [5, 5.41) is 9.19. The molecule has 1 rings (SSSR count). The molecule has 1 aromatic carbocycles. The van der Waals surface area contributed by atoms with Gasteiger partial charge < -0.3 is 15.7 Å². The monoisotopic (exact) mass is 300 g/mol. The topological polar surface area (TPSA) is 83.6 Å². The van der Waals surface area contributed by atoms with Crippen LogP contribution in [-0.2, 0) is 16.0 Å². The Hall–Kier alpha value is -2.02. The first-order chi connectivity index (χ1) is 9.70. The first-order valence-corrected chi connectivity index (χ1v) is 6.38. The van der Waals surface area contributed by atoms with Gasteiger partial charge in [-0.1, -0.05) is 6.07 Å². The van der Waals surface area contributed by atoms with Crippen LogP contribution in [0.5, 0.6) is 0 Å². The number of carboxylic acids is 1. The van der Waals surface area contributed by atoms with Crippen molar-refractivity contribution in [3.63, 3.8) is 0 Å². The van der Waals surface area contributed by atoms with Crippen molar-refractivity contribution in [2.75, 3.05) is 13.1 Å². The summed E-state index contributed by atoms with van der Waals surface area (Å²) in [5.74, 6) is -3.17. The zero-order valence-electron chi connectivity index (χ0n) is 11.9. The number of hydrogen-bond acceptors (Lipinski definition) is 3. The fourth-order valence-electron chi connectivity index (χ4n) is 1.90. The maximum absolute atomic E-state index is 13.6. The number of carbonyl (C=O) groups excluding carboxylic acids is 1. The van der Waals surface area contributed by atoms with Gasteiger partial charge in [-0.05, 0) is 31.9 Å². The molecule has 5 nitrogen and oxygen atoms in total. The molecular weight excluding hydrogens is 282 g/mol. The molecule has 0 saturated carbocycles. The normalized spacial score (nSPS) is 11.3. The van der Waals surface area contributed by atoms with E-state index in [-0.39, 0.29) is 25.1 Å². The minimum Gasteiger partial charge on any atom is -0.480 e. The summed E-state index contributed by atoms with van der Waals surface area (Å²) in [6.07, 6.45) is 0.0641. The fourth-order valence-corrected chi connectivity index (χ4v) is 1.90. The minimum atomic E-state index is -1.47. The van der Waals surface area contributed by atoms with Gasteiger partial charge >= 0.3 is 5.97 Å². The Labute approximate surface area is 121 Å². The Morgan fingerprint density at radius 1 is 1.33 bits per heavy atom. The average molecular weight is 300 g/mol. The molecule has 116 valence electrons. The van der Waals surface area contributed by atoms with E-state index in [1.165, 1.54) is 19.9 Å². The van der Waals surface area contributed by atoms with Crippen molar-refractivity contribution in [2.45, 2.75) is 25.8 Å². The zero-order chi connectivity index (χ0) is 16.2. The van der Waals surface area contributed by atoms with E-state index in [4.69, 9.17) is 5.73 Å². The lowest BCUT2D eigenvalue weighted by Gasteiger charge is -2.35. The van der Waals surface area contributed by atoms with Crippen molar-refractivity contribution >= 4 is 11.9 Å². The van der Waals surface area contributed by atoms with Crippen LogP contribution in [0.25, 0.3) is 0 Å². The zero-order valence-corrected chi connectivity index (χ0v) is 11.9. The SMILES string of the molecule is CC(C)(C(=O)O)N(CCc1ccc(F)cc1F)C(=O)CN. The molecule has 0 saturated heterocycles. The summed E-state index contributed by atoms with van der Waals surface area (Å²) >= 11 is 0. The van der Waals surface area contributed by atoms with Gasteiger partial charge in [0, 0.05) is 12.6 Å². The number of hydrogen-bond donors (Lipinski definition) is 2. The maximum atomic E-state index is 13.6. The van der Waals surface area contributed by atoms with Crippen LogP contribution in [0.1, 0.15) is 19.4 Å². The van der Waals surface area contributed by atoms with Crippen LogP contribution in [-0.4, -0.2) is 40.5 Å². The van der Waals surface area contributed by atoms with Crippen molar-refractivity contribution in [1.82, 2.24) is 4.90 Å². The molecule has 0 fully saturated rings. The Balaban J connectivity index is 2.93. The molecule has 0 atom stereocenters. The molecule has 0 aromatic heterocycles. The highest BCUT2D eigenvalue weighted by atomic mass is 19.1. The molecule has 3 N–H and O–H groups in total. The molecule has 1 aromatic rings. The third kappa shape index (κ3) is 3.98. The molecule has 7 heteroatoms. The van der Waals surface area contributed by atoms with Crippen molar-refractivity contribution in [2.24, 2.45) is 5.73 Å². The molecule has 21 heavy (non-hydrogen) atoms. The predicted octanol–water partition coefficient (Wildman–Crippen LogP) is 1.16. The second-order valence-electron chi connectivity index (χ2n) is 5.10. The first kappa shape index (κ1) is 17.0. The molecule has 0 aliphatic heterocycles. The lowest BCUT2D eigenvalue weighted by atomic mass is 10.0. The summed E-state index contributed by atoms with van der Waals surface area (Å²) in [7, 11) is 0. The largest absolute Gasteiger partial charge is 0.480 e. The number of carbonyl (C=O) groups is 2. The Morgan fingerprint density at radius 2 is 1.95 bits per heavy atom. The Bertz CT molecular complexity index is 547. The second-order valence-corrected chi connectivity index (χ2v) is 5.10. The minimum absolute atomic E-state index is 0.0299. The van der Waals surface area contributed by atoms with Crippen LogP contribution in [0.3, 0.4) is 0 Å². The number of halogens is 2. The average Bonchev–Trinajstić information content (AvgIpc) is 2.40. The molecule has 0 aliphatic rings. The lowest BCUT2D eigenvalue weighted by molar-refractivity contribution is -0.156. The number of amides is 1. The van der Waals surface area contributed by atoms with E-state index in [2.05, 4.69) is 0 Å². The number of nitrogens with zero attached hydrogens (tertiary/aromatic N) is 1. The maximum Gasteiger partial charge on any atom is 0.329 e. The van der Waals surface area contributed by atoms with E-state index < -0.39 is 29.0 Å². The number of aliphatic carboxylic acids is 1. The van der Waals surface area contributed by atoms with Gasteiger partial charge in [0.2, 0.25) is 5.91 Å². The third-order valence-corrected chi connectivity index (χ3v) is 3.29. The highest BCUT2D eigenvalue weighted by Gasteiger charge is 2.37. The molecule has 0 radical (unpaired) electrons. The summed E-state index contributed by atoms with van der Waals surface area (Å²) in [6, 6.07) is 3.12. The van der Waals surface area contributed by atoms with Crippen LogP contribution < -0.4 is 5.73 Å². The van der Waals surface area contributed by atoms with Crippen LogP contribution in [0.2, 0.25) is 0 Å². The summed E-state index contributed by atoms with van der Waals surface area (Å²) in [6.45, 7) is 2.36. The third-order valence-electron chi connectivity index (χ3n) is 3.29. The van der Waals surface area contributed by atoms with Crippen LogP contribution in [0, 0.1) is 11.6 Å². The van der Waals surface area contributed by atoms with E-state index in [9.17, 15) is 23.5 Å². The molecular formula is C14H18F2N2O3. The lowest BCUT2D eigenvalue weighted by Crippen LogP contribution is -2.55. The van der Waals surface area contributed by atoms with E-state index >= 15 is 0 Å². The van der Waals surface area contributed by atoms with Gasteiger partial charge in [0.05, 0.1) is 6.54 Å². The van der Waals surface area contributed by atoms with Gasteiger partial charge in [-0.2, -0.15) is 0 Å². The van der Waals surface area contributed by atoms with E-state index in [1.807, 2.05) is 0 Å². The predicted molar refractivity (Wildman–Crippen MR) is 72.5 cm³/mol. The molecule has 0 heterocycles. The quantitative estimate of drug-likeness (QED) is 0.825. The van der Waals surface area contributed by atoms with Gasteiger partial charge in [-0.25, -0.2) is 13.6 Å². The van der Waals surface area contributed by atoms with Crippen molar-refractivity contribution in [3.8, 4) is 0 Å². The van der Waals surface area contributed by atoms with Crippen LogP contribution in [0.4, 0.5) is 8.78 Å². The number of rotatable bonds is 6. The highest BCUT2D eigenvalue weighted by molar-refractivity contribution is 5.87. The number of carboxylic acid groups (broad SMARTS) is 1. The van der Waals surface area contributed by atoms with Gasteiger partial charge in [0.15, 0.2) is 0 Å². The number of nitrogens with two attached hydrogens (primary N) is 1. The molecule has 1 amide bonds. The smallest absolute Gasteiger partial charge is 0.329 e. The van der Waals surface area contributed by atoms with E-state index in [0.29, 0.717) is 0 Å². The second kappa shape index (κ2) is 6.62. The Kier molecular flexibility index (Phi) is 5.37. The summed E-state index contributed by atoms with van der Waals surface area (Å²) in [4.78, 5) is 24.1. The van der Waals surface area contributed by atoms with Gasteiger partial charge in [-0.15, -0.1) is 0 Å². The van der Waals surface area contributed by atoms with E-state index in [0.717, 1.165) is 17.0 Å². The summed E-state index contributed by atoms with van der Waals surface area (Å²) in [5.41, 5.74) is 4.02.